The molecule has 3 heteroatoms. The molecule has 0 saturated carbocycles. The fourth-order valence-corrected chi connectivity index (χ4v) is 2.72. The Morgan fingerprint density at radius 2 is 2.19 bits per heavy atom. The van der Waals surface area contributed by atoms with E-state index in [0.29, 0.717) is 0 Å². The van der Waals surface area contributed by atoms with Crippen molar-refractivity contribution in [2.75, 3.05) is 0 Å². The van der Waals surface area contributed by atoms with E-state index < -0.39 is 0 Å². The normalized spacial score (nSPS) is 18.8. The summed E-state index contributed by atoms with van der Waals surface area (Å²) in [5, 5.41) is 0. The molecule has 2 aromatic rings. The Morgan fingerprint density at radius 1 is 1.31 bits per heavy atom. The fraction of sp³-hybridized carbons (Fsp3) is 0.231. The van der Waals surface area contributed by atoms with Gasteiger partial charge < -0.3 is 10.2 Å². The molecule has 1 heterocycles. The standard InChI is InChI=1S/C13H12BrNO/c14-11-5-6-16-13(11)9-1-3-10-8(7-9)2-4-12(10)15/h1,3,5-7,12H,2,4,15H2. The molecule has 1 atom stereocenters. The molecule has 2 N–H and O–H groups in total. The first-order valence-electron chi connectivity index (χ1n) is 5.37. The van der Waals surface area contributed by atoms with Crippen LogP contribution >= 0.6 is 15.9 Å². The molecule has 1 aliphatic carbocycles. The summed E-state index contributed by atoms with van der Waals surface area (Å²) >= 11 is 3.48. The van der Waals surface area contributed by atoms with E-state index in [1.807, 2.05) is 6.07 Å². The van der Waals surface area contributed by atoms with Crippen molar-refractivity contribution in [3.05, 3.63) is 46.1 Å². The highest BCUT2D eigenvalue weighted by Gasteiger charge is 2.19. The van der Waals surface area contributed by atoms with Crippen molar-refractivity contribution in [3.8, 4) is 11.3 Å². The lowest BCUT2D eigenvalue weighted by Crippen LogP contribution is -2.04. The molecule has 82 valence electrons. The highest BCUT2D eigenvalue weighted by atomic mass is 79.9. The van der Waals surface area contributed by atoms with Crippen molar-refractivity contribution in [1.29, 1.82) is 0 Å². The first kappa shape index (κ1) is 10.1. The molecule has 0 saturated heterocycles. The van der Waals surface area contributed by atoms with Gasteiger partial charge in [-0.2, -0.15) is 0 Å². The van der Waals surface area contributed by atoms with Crippen LogP contribution < -0.4 is 5.73 Å². The van der Waals surface area contributed by atoms with Crippen molar-refractivity contribution in [2.24, 2.45) is 5.73 Å². The average Bonchev–Trinajstić information content (AvgIpc) is 2.86. The monoisotopic (exact) mass is 277 g/mol. The second-order valence-electron chi connectivity index (χ2n) is 4.16. The molecule has 0 aliphatic heterocycles. The van der Waals surface area contributed by atoms with Crippen LogP contribution in [0.2, 0.25) is 0 Å². The van der Waals surface area contributed by atoms with Crippen LogP contribution in [0.3, 0.4) is 0 Å². The van der Waals surface area contributed by atoms with E-state index in [1.165, 1.54) is 11.1 Å². The first-order chi connectivity index (χ1) is 7.75. The van der Waals surface area contributed by atoms with Crippen LogP contribution in [0.4, 0.5) is 0 Å². The summed E-state index contributed by atoms with van der Waals surface area (Å²) in [6.45, 7) is 0. The van der Waals surface area contributed by atoms with Crippen molar-refractivity contribution in [2.45, 2.75) is 18.9 Å². The predicted octanol–water partition coefficient (Wildman–Crippen LogP) is 3.66. The second kappa shape index (κ2) is 3.75. The van der Waals surface area contributed by atoms with E-state index in [-0.39, 0.29) is 6.04 Å². The molecule has 1 aromatic heterocycles. The van der Waals surface area contributed by atoms with Gasteiger partial charge in [0.1, 0.15) is 5.76 Å². The van der Waals surface area contributed by atoms with E-state index >= 15 is 0 Å². The van der Waals surface area contributed by atoms with Gasteiger partial charge in [-0.1, -0.05) is 12.1 Å². The quantitative estimate of drug-likeness (QED) is 0.864. The van der Waals surface area contributed by atoms with Crippen LogP contribution in [-0.2, 0) is 6.42 Å². The Morgan fingerprint density at radius 3 is 2.94 bits per heavy atom. The molecular weight excluding hydrogens is 266 g/mol. The molecular formula is C13H12BrNO. The number of hydrogen-bond acceptors (Lipinski definition) is 2. The summed E-state index contributed by atoms with van der Waals surface area (Å²) in [6, 6.07) is 8.51. The number of rotatable bonds is 1. The number of furan rings is 1. The van der Waals surface area contributed by atoms with E-state index in [9.17, 15) is 0 Å². The molecule has 1 aliphatic rings. The summed E-state index contributed by atoms with van der Waals surface area (Å²) in [5.74, 6) is 0.892. The van der Waals surface area contributed by atoms with Crippen LogP contribution in [-0.4, -0.2) is 0 Å². The molecule has 0 radical (unpaired) electrons. The Balaban J connectivity index is 2.09. The number of benzene rings is 1. The lowest BCUT2D eigenvalue weighted by atomic mass is 10.0. The van der Waals surface area contributed by atoms with Gasteiger partial charge in [0.2, 0.25) is 0 Å². The summed E-state index contributed by atoms with van der Waals surface area (Å²) < 4.78 is 6.45. The van der Waals surface area contributed by atoms with E-state index in [2.05, 4.69) is 34.1 Å². The minimum Gasteiger partial charge on any atom is -0.463 e. The lowest BCUT2D eigenvalue weighted by molar-refractivity contribution is 0.581. The van der Waals surface area contributed by atoms with E-state index in [1.54, 1.807) is 6.26 Å². The van der Waals surface area contributed by atoms with Crippen LogP contribution in [0.15, 0.2) is 39.4 Å². The number of halogens is 1. The second-order valence-corrected chi connectivity index (χ2v) is 5.01. The average molecular weight is 278 g/mol. The Labute approximate surface area is 103 Å². The molecule has 0 fully saturated rings. The third-order valence-electron chi connectivity index (χ3n) is 3.15. The van der Waals surface area contributed by atoms with Gasteiger partial charge >= 0.3 is 0 Å². The molecule has 0 amide bonds. The van der Waals surface area contributed by atoms with Gasteiger partial charge in [-0.25, -0.2) is 0 Å². The number of nitrogens with two attached hydrogens (primary N) is 1. The molecule has 16 heavy (non-hydrogen) atoms. The Hall–Kier alpha value is -1.06. The van der Waals surface area contributed by atoms with Crippen molar-refractivity contribution >= 4 is 15.9 Å². The van der Waals surface area contributed by atoms with Crippen LogP contribution in [0.1, 0.15) is 23.6 Å². The smallest absolute Gasteiger partial charge is 0.148 e. The third kappa shape index (κ3) is 1.51. The van der Waals surface area contributed by atoms with Crippen molar-refractivity contribution in [3.63, 3.8) is 0 Å². The van der Waals surface area contributed by atoms with E-state index in [4.69, 9.17) is 10.2 Å². The molecule has 2 nitrogen and oxygen atoms in total. The minimum absolute atomic E-state index is 0.212. The predicted molar refractivity (Wildman–Crippen MR) is 67.1 cm³/mol. The molecule has 3 rings (SSSR count). The summed E-state index contributed by atoms with van der Waals surface area (Å²) in [5.41, 5.74) is 9.77. The van der Waals surface area contributed by atoms with Gasteiger partial charge in [-0.3, -0.25) is 0 Å². The summed E-state index contributed by atoms with van der Waals surface area (Å²) in [4.78, 5) is 0. The van der Waals surface area contributed by atoms with Crippen LogP contribution in [0, 0.1) is 0 Å². The highest BCUT2D eigenvalue weighted by molar-refractivity contribution is 9.10. The Kier molecular flexibility index (Phi) is 2.37. The molecule has 0 bridgehead atoms. The van der Waals surface area contributed by atoms with Crippen LogP contribution in [0.25, 0.3) is 11.3 Å². The maximum atomic E-state index is 6.01. The first-order valence-corrected chi connectivity index (χ1v) is 6.17. The number of aryl methyl sites for hydroxylation is 1. The maximum absolute atomic E-state index is 6.01. The minimum atomic E-state index is 0.212. The maximum Gasteiger partial charge on any atom is 0.148 e. The number of hydrogen-bond donors (Lipinski definition) is 1. The van der Waals surface area contributed by atoms with Gasteiger partial charge in [0.05, 0.1) is 10.7 Å². The van der Waals surface area contributed by atoms with Crippen molar-refractivity contribution in [1.82, 2.24) is 0 Å². The molecule has 0 spiro atoms. The van der Waals surface area contributed by atoms with Gasteiger partial charge in [0, 0.05) is 11.6 Å². The largest absolute Gasteiger partial charge is 0.463 e. The summed E-state index contributed by atoms with van der Waals surface area (Å²) in [6.07, 6.45) is 3.82. The zero-order valence-electron chi connectivity index (χ0n) is 8.74. The van der Waals surface area contributed by atoms with Crippen LogP contribution in [0.5, 0.6) is 0 Å². The van der Waals surface area contributed by atoms with Gasteiger partial charge in [0.25, 0.3) is 0 Å². The highest BCUT2D eigenvalue weighted by Crippen LogP contribution is 2.35. The fourth-order valence-electron chi connectivity index (χ4n) is 2.29. The lowest BCUT2D eigenvalue weighted by Gasteiger charge is -2.06. The van der Waals surface area contributed by atoms with Gasteiger partial charge in [0.15, 0.2) is 0 Å². The molecule has 1 aromatic carbocycles. The van der Waals surface area contributed by atoms with Gasteiger partial charge in [-0.15, -0.1) is 0 Å². The zero-order chi connectivity index (χ0) is 11.1. The zero-order valence-corrected chi connectivity index (χ0v) is 10.3. The SMILES string of the molecule is NC1CCc2cc(-c3occc3Br)ccc21. The van der Waals surface area contributed by atoms with E-state index in [0.717, 1.165) is 28.6 Å². The Bertz CT molecular complexity index is 532. The number of fused-ring (bicyclic) bond motifs is 1. The third-order valence-corrected chi connectivity index (χ3v) is 3.77. The topological polar surface area (TPSA) is 39.2 Å². The van der Waals surface area contributed by atoms with Gasteiger partial charge in [-0.05, 0) is 52.0 Å². The summed E-state index contributed by atoms with van der Waals surface area (Å²) in [7, 11) is 0. The van der Waals surface area contributed by atoms with Crippen molar-refractivity contribution < 1.29 is 4.42 Å². The molecule has 1 unspecified atom stereocenters.